The number of aromatic nitrogens is 1. The van der Waals surface area contributed by atoms with Crippen LogP contribution in [0.15, 0.2) is 66.9 Å². The zero-order valence-electron chi connectivity index (χ0n) is 16.0. The Bertz CT molecular complexity index is 982. The van der Waals surface area contributed by atoms with E-state index in [0.29, 0.717) is 11.6 Å². The summed E-state index contributed by atoms with van der Waals surface area (Å²) in [4.78, 5) is 18.3. The highest BCUT2D eigenvalue weighted by Crippen LogP contribution is 2.33. The van der Waals surface area contributed by atoms with Crippen LogP contribution in [0.4, 0.5) is 0 Å². The highest BCUT2D eigenvalue weighted by Gasteiger charge is 2.26. The Labute approximate surface area is 165 Å². The maximum atomic E-state index is 11.5. The van der Waals surface area contributed by atoms with Crippen LogP contribution in [0, 0.1) is 6.92 Å². The average Bonchev–Trinajstić information content (AvgIpc) is 3.17. The van der Waals surface area contributed by atoms with Crippen molar-refractivity contribution in [1.82, 2.24) is 9.88 Å². The number of benzene rings is 2. The normalized spacial score (nSPS) is 17.0. The van der Waals surface area contributed by atoms with Crippen molar-refractivity contribution in [2.75, 3.05) is 6.54 Å². The maximum absolute atomic E-state index is 11.5. The van der Waals surface area contributed by atoms with Crippen molar-refractivity contribution in [3.05, 3.63) is 89.2 Å². The monoisotopic (exact) mass is 372 g/mol. The standard InChI is InChI=1S/C24H24N2O2/c1-17-15-20(12-13-25-17)23-7-4-14-26(23)16-18-8-10-19(11-9-18)21-5-2-3-6-22(21)24(27)28/h2-3,5-6,8-13,15,23H,4,7,14,16H2,1H3,(H,27,28). The summed E-state index contributed by atoms with van der Waals surface area (Å²) in [6.07, 6.45) is 4.28. The summed E-state index contributed by atoms with van der Waals surface area (Å²) in [7, 11) is 0. The van der Waals surface area contributed by atoms with Crippen molar-refractivity contribution in [1.29, 1.82) is 0 Å². The number of aromatic carboxylic acids is 1. The minimum Gasteiger partial charge on any atom is -0.478 e. The Balaban J connectivity index is 1.53. The van der Waals surface area contributed by atoms with Crippen molar-refractivity contribution < 1.29 is 9.90 Å². The first kappa shape index (κ1) is 18.4. The van der Waals surface area contributed by atoms with Crippen molar-refractivity contribution in [3.8, 4) is 11.1 Å². The molecule has 1 saturated heterocycles. The van der Waals surface area contributed by atoms with E-state index in [0.717, 1.165) is 29.9 Å². The fourth-order valence-electron chi connectivity index (χ4n) is 4.11. The van der Waals surface area contributed by atoms with Gasteiger partial charge in [-0.1, -0.05) is 42.5 Å². The summed E-state index contributed by atoms with van der Waals surface area (Å²) >= 11 is 0. The number of carboxylic acids is 1. The first-order chi connectivity index (χ1) is 13.6. The predicted molar refractivity (Wildman–Crippen MR) is 110 cm³/mol. The SMILES string of the molecule is Cc1cc(C2CCCN2Cc2ccc(-c3ccccc3C(=O)O)cc2)ccn1. The Morgan fingerprint density at radius 3 is 2.68 bits per heavy atom. The lowest BCUT2D eigenvalue weighted by atomic mass is 9.98. The van der Waals surface area contributed by atoms with E-state index < -0.39 is 5.97 Å². The van der Waals surface area contributed by atoms with Crippen LogP contribution < -0.4 is 0 Å². The van der Waals surface area contributed by atoms with E-state index in [4.69, 9.17) is 0 Å². The lowest BCUT2D eigenvalue weighted by Gasteiger charge is -2.25. The summed E-state index contributed by atoms with van der Waals surface area (Å²) in [5.74, 6) is -0.896. The van der Waals surface area contributed by atoms with Gasteiger partial charge in [-0.05, 0) is 66.8 Å². The summed E-state index contributed by atoms with van der Waals surface area (Å²) < 4.78 is 0. The summed E-state index contributed by atoms with van der Waals surface area (Å²) in [6, 6.07) is 20.2. The molecule has 0 amide bonds. The molecule has 142 valence electrons. The average molecular weight is 372 g/mol. The number of carboxylic acid groups (broad SMARTS) is 1. The van der Waals surface area contributed by atoms with Crippen molar-refractivity contribution in [2.45, 2.75) is 32.4 Å². The van der Waals surface area contributed by atoms with Crippen LogP contribution in [0.25, 0.3) is 11.1 Å². The molecule has 0 saturated carbocycles. The molecule has 1 aromatic heterocycles. The minimum atomic E-state index is -0.896. The highest BCUT2D eigenvalue weighted by molar-refractivity contribution is 5.95. The van der Waals surface area contributed by atoms with Crippen LogP contribution in [0.5, 0.6) is 0 Å². The van der Waals surface area contributed by atoms with Gasteiger partial charge >= 0.3 is 5.97 Å². The molecule has 0 aliphatic carbocycles. The third-order valence-electron chi connectivity index (χ3n) is 5.48. The lowest BCUT2D eigenvalue weighted by molar-refractivity contribution is 0.0697. The third kappa shape index (κ3) is 3.82. The lowest BCUT2D eigenvalue weighted by Crippen LogP contribution is -2.22. The molecule has 0 spiro atoms. The number of pyridine rings is 1. The van der Waals surface area contributed by atoms with Crippen molar-refractivity contribution in [2.24, 2.45) is 0 Å². The maximum Gasteiger partial charge on any atom is 0.336 e. The second-order valence-corrected chi connectivity index (χ2v) is 7.41. The van der Waals surface area contributed by atoms with Gasteiger partial charge in [-0.2, -0.15) is 0 Å². The summed E-state index contributed by atoms with van der Waals surface area (Å²) in [5.41, 5.74) is 5.68. The molecule has 1 fully saturated rings. The Kier molecular flexibility index (Phi) is 5.22. The molecular formula is C24H24N2O2. The molecular weight excluding hydrogens is 348 g/mol. The Morgan fingerprint density at radius 1 is 1.14 bits per heavy atom. The van der Waals surface area contributed by atoms with E-state index in [2.05, 4.69) is 34.1 Å². The van der Waals surface area contributed by atoms with E-state index in [-0.39, 0.29) is 0 Å². The molecule has 4 rings (SSSR count). The first-order valence-corrected chi connectivity index (χ1v) is 9.70. The van der Waals surface area contributed by atoms with Gasteiger partial charge in [-0.25, -0.2) is 4.79 Å². The van der Waals surface area contributed by atoms with Gasteiger partial charge in [0.25, 0.3) is 0 Å². The second kappa shape index (κ2) is 7.95. The number of hydrogen-bond acceptors (Lipinski definition) is 3. The van der Waals surface area contributed by atoms with Gasteiger partial charge in [0, 0.05) is 24.5 Å². The van der Waals surface area contributed by atoms with Crippen LogP contribution in [-0.2, 0) is 6.54 Å². The van der Waals surface area contributed by atoms with Crippen LogP contribution >= 0.6 is 0 Å². The molecule has 2 heterocycles. The zero-order chi connectivity index (χ0) is 19.5. The molecule has 1 aliphatic rings. The van der Waals surface area contributed by atoms with Crippen molar-refractivity contribution >= 4 is 5.97 Å². The number of carbonyl (C=O) groups is 1. The quantitative estimate of drug-likeness (QED) is 0.678. The molecule has 0 radical (unpaired) electrons. The van der Waals surface area contributed by atoms with Gasteiger partial charge in [0.1, 0.15) is 0 Å². The molecule has 28 heavy (non-hydrogen) atoms. The molecule has 3 aromatic rings. The first-order valence-electron chi connectivity index (χ1n) is 9.70. The molecule has 2 aromatic carbocycles. The number of aryl methyl sites for hydroxylation is 1. The molecule has 1 atom stereocenters. The smallest absolute Gasteiger partial charge is 0.336 e. The minimum absolute atomic E-state index is 0.336. The molecule has 1 aliphatic heterocycles. The summed E-state index contributed by atoms with van der Waals surface area (Å²) in [5, 5.41) is 9.42. The zero-order valence-corrected chi connectivity index (χ0v) is 16.0. The number of nitrogens with zero attached hydrogens (tertiary/aromatic N) is 2. The van der Waals surface area contributed by atoms with E-state index in [1.165, 1.54) is 24.0 Å². The largest absolute Gasteiger partial charge is 0.478 e. The number of hydrogen-bond donors (Lipinski definition) is 1. The molecule has 0 bridgehead atoms. The third-order valence-corrected chi connectivity index (χ3v) is 5.48. The van der Waals surface area contributed by atoms with Gasteiger partial charge in [0.05, 0.1) is 5.56 Å². The van der Waals surface area contributed by atoms with Gasteiger partial charge in [-0.15, -0.1) is 0 Å². The molecule has 4 nitrogen and oxygen atoms in total. The molecule has 1 unspecified atom stereocenters. The second-order valence-electron chi connectivity index (χ2n) is 7.41. The topological polar surface area (TPSA) is 53.4 Å². The summed E-state index contributed by atoms with van der Waals surface area (Å²) in [6.45, 7) is 4.03. The fourth-order valence-corrected chi connectivity index (χ4v) is 4.11. The number of rotatable bonds is 5. The van der Waals surface area contributed by atoms with Crippen molar-refractivity contribution in [3.63, 3.8) is 0 Å². The molecule has 1 N–H and O–H groups in total. The van der Waals surface area contributed by atoms with Gasteiger partial charge in [-0.3, -0.25) is 9.88 Å². The van der Waals surface area contributed by atoms with E-state index in [1.807, 2.05) is 37.4 Å². The Hall–Kier alpha value is -2.98. The van der Waals surface area contributed by atoms with Gasteiger partial charge < -0.3 is 5.11 Å². The van der Waals surface area contributed by atoms with E-state index in [1.54, 1.807) is 12.1 Å². The van der Waals surface area contributed by atoms with E-state index in [9.17, 15) is 9.90 Å². The van der Waals surface area contributed by atoms with Crippen LogP contribution in [0.2, 0.25) is 0 Å². The Morgan fingerprint density at radius 2 is 1.93 bits per heavy atom. The number of likely N-dealkylation sites (tertiary alicyclic amines) is 1. The van der Waals surface area contributed by atoms with Gasteiger partial charge in [0.2, 0.25) is 0 Å². The van der Waals surface area contributed by atoms with Crippen LogP contribution in [0.3, 0.4) is 0 Å². The van der Waals surface area contributed by atoms with E-state index >= 15 is 0 Å². The molecule has 4 heteroatoms. The van der Waals surface area contributed by atoms with Crippen LogP contribution in [-0.4, -0.2) is 27.5 Å². The van der Waals surface area contributed by atoms with Crippen LogP contribution in [0.1, 0.15) is 46.1 Å². The van der Waals surface area contributed by atoms with Gasteiger partial charge in [0.15, 0.2) is 0 Å². The fraction of sp³-hybridized carbons (Fsp3) is 0.250. The highest BCUT2D eigenvalue weighted by atomic mass is 16.4. The predicted octanol–water partition coefficient (Wildman–Crippen LogP) is 5.09.